The summed E-state index contributed by atoms with van der Waals surface area (Å²) in [4.78, 5) is 51.8. The number of aryl methyl sites for hydroxylation is 1. The molecule has 4 N–H and O–H groups in total. The fraction of sp³-hybridized carbons (Fsp3) is 0.520. The van der Waals surface area contributed by atoms with E-state index >= 15 is 0 Å². The summed E-state index contributed by atoms with van der Waals surface area (Å²) in [6, 6.07) is 2.61. The lowest BCUT2D eigenvalue weighted by Crippen LogP contribution is -2.57. The lowest BCUT2D eigenvalue weighted by molar-refractivity contribution is -0.133. The Kier molecular flexibility index (Phi) is 9.20. The predicted octanol–water partition coefficient (Wildman–Crippen LogP) is 0.449. The fourth-order valence-corrected chi connectivity index (χ4v) is 3.80. The zero-order valence-corrected chi connectivity index (χ0v) is 21.8. The third-order valence-corrected chi connectivity index (χ3v) is 6.02. The first-order valence-corrected chi connectivity index (χ1v) is 12.4. The van der Waals surface area contributed by atoms with Crippen LogP contribution in [0.5, 0.6) is 5.75 Å². The first-order valence-electron chi connectivity index (χ1n) is 12.4. The molecule has 37 heavy (non-hydrogen) atoms. The second-order valence-electron chi connectivity index (χ2n) is 9.43. The summed E-state index contributed by atoms with van der Waals surface area (Å²) in [6.07, 6.45) is 1.99. The highest BCUT2D eigenvalue weighted by Gasteiger charge is 2.30. The van der Waals surface area contributed by atoms with Gasteiger partial charge in [-0.3, -0.25) is 19.2 Å². The molecule has 3 atom stereocenters. The van der Waals surface area contributed by atoms with E-state index in [1.54, 1.807) is 50.7 Å². The van der Waals surface area contributed by atoms with Gasteiger partial charge in [0.05, 0.1) is 24.8 Å². The van der Waals surface area contributed by atoms with Crippen molar-refractivity contribution in [1.82, 2.24) is 36.3 Å². The highest BCUT2D eigenvalue weighted by atomic mass is 16.5. The minimum Gasteiger partial charge on any atom is -0.491 e. The largest absolute Gasteiger partial charge is 0.491 e. The van der Waals surface area contributed by atoms with E-state index in [0.29, 0.717) is 30.0 Å². The second-order valence-corrected chi connectivity index (χ2v) is 9.43. The molecule has 3 rings (SSSR count). The van der Waals surface area contributed by atoms with Crippen LogP contribution < -0.4 is 26.0 Å². The Hall–Kier alpha value is -3.96. The quantitative estimate of drug-likeness (QED) is 0.454. The summed E-state index contributed by atoms with van der Waals surface area (Å²) in [7, 11) is 0. The third-order valence-electron chi connectivity index (χ3n) is 6.02. The molecule has 1 aromatic carbocycles. The molecule has 0 spiro atoms. The maximum atomic E-state index is 13.2. The summed E-state index contributed by atoms with van der Waals surface area (Å²) >= 11 is 0. The monoisotopic (exact) mass is 513 g/mol. The van der Waals surface area contributed by atoms with Crippen LogP contribution in [0, 0.1) is 12.8 Å². The molecule has 0 radical (unpaired) electrons. The molecule has 200 valence electrons. The van der Waals surface area contributed by atoms with E-state index in [4.69, 9.17) is 4.74 Å². The van der Waals surface area contributed by atoms with Crippen LogP contribution in [0.15, 0.2) is 24.4 Å². The number of carbonyl (C=O) groups excluding carboxylic acids is 4. The van der Waals surface area contributed by atoms with Crippen molar-refractivity contribution in [3.8, 4) is 5.75 Å². The van der Waals surface area contributed by atoms with E-state index in [1.807, 2.05) is 13.0 Å². The summed E-state index contributed by atoms with van der Waals surface area (Å²) in [5, 5.41) is 19.0. The van der Waals surface area contributed by atoms with Crippen LogP contribution in [-0.2, 0) is 27.5 Å². The van der Waals surface area contributed by atoms with Crippen LogP contribution >= 0.6 is 0 Å². The standard InChI is InChI=1S/C25H35N7O5/c1-6-19-24(35)29-21(14(2)3)25(36)27-16(5)22(33)26-12-17-13-32(31-30-17)9-10-37-20-8-7-15(4)11-18(20)23(34)28-19/h7-8,11,13-14,16,19,21H,6,9-10,12H2,1-5H3,(H,26,33)(H,27,36)(H,28,34)(H,29,35)/t16-,19+,21+/m1/s1. The molecule has 0 saturated carbocycles. The van der Waals surface area contributed by atoms with E-state index in [1.165, 1.54) is 0 Å². The Morgan fingerprint density at radius 2 is 1.84 bits per heavy atom. The molecule has 4 amide bonds. The molecule has 1 aromatic heterocycles. The lowest BCUT2D eigenvalue weighted by atomic mass is 10.0. The maximum Gasteiger partial charge on any atom is 0.255 e. The molecule has 2 bridgehead atoms. The molecule has 0 fully saturated rings. The van der Waals surface area contributed by atoms with Gasteiger partial charge >= 0.3 is 0 Å². The van der Waals surface area contributed by atoms with Gasteiger partial charge in [0.25, 0.3) is 5.91 Å². The van der Waals surface area contributed by atoms with Crippen molar-refractivity contribution in [3.05, 3.63) is 41.2 Å². The molecule has 0 saturated heterocycles. The Bertz CT molecular complexity index is 1150. The summed E-state index contributed by atoms with van der Waals surface area (Å²) in [6.45, 7) is 9.46. The highest BCUT2D eigenvalue weighted by Crippen LogP contribution is 2.21. The Balaban J connectivity index is 1.90. The molecular formula is C25H35N7O5. The van der Waals surface area contributed by atoms with Crippen molar-refractivity contribution in [2.75, 3.05) is 6.61 Å². The number of rotatable bonds is 2. The molecule has 2 aromatic rings. The normalized spacial score (nSPS) is 22.2. The lowest BCUT2D eigenvalue weighted by Gasteiger charge is -2.26. The Morgan fingerprint density at radius 1 is 1.08 bits per heavy atom. The summed E-state index contributed by atoms with van der Waals surface area (Å²) < 4.78 is 7.45. The molecule has 12 heteroatoms. The zero-order valence-electron chi connectivity index (χ0n) is 21.8. The second kappa shape index (κ2) is 12.3. The number of ether oxygens (including phenoxy) is 1. The van der Waals surface area contributed by atoms with Crippen molar-refractivity contribution >= 4 is 23.6 Å². The fourth-order valence-electron chi connectivity index (χ4n) is 3.80. The van der Waals surface area contributed by atoms with Gasteiger partial charge in [0, 0.05) is 0 Å². The van der Waals surface area contributed by atoms with Crippen molar-refractivity contribution in [2.45, 2.75) is 72.3 Å². The average molecular weight is 514 g/mol. The van der Waals surface area contributed by atoms with E-state index in [9.17, 15) is 19.2 Å². The van der Waals surface area contributed by atoms with Crippen molar-refractivity contribution in [3.63, 3.8) is 0 Å². The number of fused-ring (bicyclic) bond motifs is 3. The number of nitrogens with zero attached hydrogens (tertiary/aromatic N) is 3. The molecule has 2 heterocycles. The number of nitrogens with one attached hydrogen (secondary N) is 4. The van der Waals surface area contributed by atoms with E-state index in [0.717, 1.165) is 5.56 Å². The predicted molar refractivity (Wildman–Crippen MR) is 134 cm³/mol. The van der Waals surface area contributed by atoms with E-state index in [2.05, 4.69) is 31.6 Å². The SMILES string of the molecule is CC[C@@H]1NC(=O)c2cc(C)ccc2OCCn2cc(nn2)CNC(=O)[C@@H](C)NC(=O)[C@H](C(C)C)NC1=O. The minimum atomic E-state index is -0.905. The molecule has 1 aliphatic rings. The van der Waals surface area contributed by atoms with E-state index < -0.39 is 41.8 Å². The van der Waals surface area contributed by atoms with Crippen molar-refractivity contribution in [1.29, 1.82) is 0 Å². The topological polar surface area (TPSA) is 156 Å². The first-order chi connectivity index (χ1) is 17.6. The van der Waals surface area contributed by atoms with Crippen LogP contribution in [0.3, 0.4) is 0 Å². The van der Waals surface area contributed by atoms with Crippen LogP contribution in [0.4, 0.5) is 0 Å². The molecule has 1 aliphatic heterocycles. The Morgan fingerprint density at radius 3 is 2.54 bits per heavy atom. The molecular weight excluding hydrogens is 478 g/mol. The van der Waals surface area contributed by atoms with E-state index in [-0.39, 0.29) is 19.1 Å². The third kappa shape index (κ3) is 7.28. The first kappa shape index (κ1) is 27.6. The summed E-state index contributed by atoms with van der Waals surface area (Å²) in [5.41, 5.74) is 1.70. The molecule has 0 unspecified atom stereocenters. The van der Waals surface area contributed by atoms with Crippen LogP contribution in [0.25, 0.3) is 0 Å². The number of amides is 4. The average Bonchev–Trinajstić information content (AvgIpc) is 3.31. The van der Waals surface area contributed by atoms with Crippen LogP contribution in [-0.4, -0.2) is 63.4 Å². The van der Waals surface area contributed by atoms with Crippen molar-refractivity contribution < 1.29 is 23.9 Å². The molecule has 0 aliphatic carbocycles. The van der Waals surface area contributed by atoms with Gasteiger partial charge in [0.1, 0.15) is 36.2 Å². The number of benzene rings is 1. The number of carbonyl (C=O) groups is 4. The number of hydrogen-bond donors (Lipinski definition) is 4. The van der Waals surface area contributed by atoms with Gasteiger partial charge in [-0.05, 0) is 38.3 Å². The number of hydrogen-bond acceptors (Lipinski definition) is 7. The Labute approximate surface area is 215 Å². The van der Waals surface area contributed by atoms with Gasteiger partial charge in [-0.1, -0.05) is 37.6 Å². The van der Waals surface area contributed by atoms with Crippen LogP contribution in [0.2, 0.25) is 0 Å². The van der Waals surface area contributed by atoms with Crippen LogP contribution in [0.1, 0.15) is 55.7 Å². The smallest absolute Gasteiger partial charge is 0.255 e. The highest BCUT2D eigenvalue weighted by molar-refractivity contribution is 6.00. The maximum absolute atomic E-state index is 13.2. The van der Waals surface area contributed by atoms with Gasteiger partial charge < -0.3 is 26.0 Å². The van der Waals surface area contributed by atoms with Crippen molar-refractivity contribution in [2.24, 2.45) is 5.92 Å². The van der Waals surface area contributed by atoms with Gasteiger partial charge in [-0.25, -0.2) is 4.68 Å². The number of aromatic nitrogens is 3. The zero-order chi connectivity index (χ0) is 27.1. The summed E-state index contributed by atoms with van der Waals surface area (Å²) in [5.74, 6) is -1.76. The van der Waals surface area contributed by atoms with Gasteiger partial charge in [-0.2, -0.15) is 0 Å². The van der Waals surface area contributed by atoms with Gasteiger partial charge in [-0.15, -0.1) is 5.10 Å². The van der Waals surface area contributed by atoms with Gasteiger partial charge in [0.15, 0.2) is 0 Å². The molecule has 12 nitrogen and oxygen atoms in total. The minimum absolute atomic E-state index is 0.130. The van der Waals surface area contributed by atoms with Gasteiger partial charge in [0.2, 0.25) is 17.7 Å².